The fraction of sp³-hybridized carbons (Fsp3) is 0.750. The maximum Gasteiger partial charge on any atom is 0.164 e. The van der Waals surface area contributed by atoms with Gasteiger partial charge in [-0.05, 0) is 38.0 Å². The molecule has 1 spiro atoms. The number of ketones is 1. The lowest BCUT2D eigenvalue weighted by molar-refractivity contribution is -0.144. The number of hydrogen-bond donors (Lipinski definition) is 0. The highest BCUT2D eigenvalue weighted by Crippen LogP contribution is 2.39. The Morgan fingerprint density at radius 1 is 1.57 bits per heavy atom. The van der Waals surface area contributed by atoms with E-state index in [1.165, 1.54) is 0 Å². The molecule has 2 atom stereocenters. The molecule has 2 heteroatoms. The minimum Gasteiger partial charge on any atom is -0.367 e. The van der Waals surface area contributed by atoms with Crippen molar-refractivity contribution in [3.63, 3.8) is 0 Å². The van der Waals surface area contributed by atoms with Gasteiger partial charge in [0.2, 0.25) is 0 Å². The van der Waals surface area contributed by atoms with Crippen molar-refractivity contribution < 1.29 is 9.53 Å². The van der Waals surface area contributed by atoms with Crippen molar-refractivity contribution in [3.05, 3.63) is 12.7 Å². The van der Waals surface area contributed by atoms with Gasteiger partial charge < -0.3 is 4.74 Å². The van der Waals surface area contributed by atoms with Gasteiger partial charge in [0.25, 0.3) is 0 Å². The quantitative estimate of drug-likeness (QED) is 0.631. The molecular formula is C12H18O2. The Morgan fingerprint density at radius 2 is 2.43 bits per heavy atom. The van der Waals surface area contributed by atoms with Crippen molar-refractivity contribution in [1.82, 2.24) is 0 Å². The third-order valence-corrected chi connectivity index (χ3v) is 3.54. The fourth-order valence-corrected chi connectivity index (χ4v) is 2.68. The minimum atomic E-state index is -0.363. The van der Waals surface area contributed by atoms with Gasteiger partial charge in [-0.1, -0.05) is 6.08 Å². The Labute approximate surface area is 85.3 Å². The molecule has 2 aliphatic rings. The third-order valence-electron chi connectivity index (χ3n) is 3.54. The smallest absolute Gasteiger partial charge is 0.164 e. The van der Waals surface area contributed by atoms with E-state index in [0.29, 0.717) is 18.1 Å². The molecule has 0 unspecified atom stereocenters. The monoisotopic (exact) mass is 194 g/mol. The van der Waals surface area contributed by atoms with Crippen LogP contribution in [0.4, 0.5) is 0 Å². The fourth-order valence-electron chi connectivity index (χ4n) is 2.68. The second-order valence-corrected chi connectivity index (χ2v) is 4.50. The summed E-state index contributed by atoms with van der Waals surface area (Å²) in [6, 6.07) is 0. The first kappa shape index (κ1) is 9.91. The lowest BCUT2D eigenvalue weighted by Gasteiger charge is -2.34. The molecule has 2 fully saturated rings. The maximum absolute atomic E-state index is 11.9. The van der Waals surface area contributed by atoms with E-state index in [9.17, 15) is 4.79 Å². The summed E-state index contributed by atoms with van der Waals surface area (Å²) in [6.07, 6.45) is 7.66. The molecule has 0 aromatic carbocycles. The zero-order valence-corrected chi connectivity index (χ0v) is 8.63. The van der Waals surface area contributed by atoms with Gasteiger partial charge in [0, 0.05) is 13.0 Å². The van der Waals surface area contributed by atoms with E-state index >= 15 is 0 Å². The molecule has 1 saturated heterocycles. The highest BCUT2D eigenvalue weighted by molar-refractivity contribution is 5.88. The summed E-state index contributed by atoms with van der Waals surface area (Å²) in [5.74, 6) is 0.864. The van der Waals surface area contributed by atoms with E-state index in [2.05, 4.69) is 6.58 Å². The van der Waals surface area contributed by atoms with E-state index in [1.807, 2.05) is 6.08 Å². The van der Waals surface area contributed by atoms with Gasteiger partial charge in [0.15, 0.2) is 5.78 Å². The van der Waals surface area contributed by atoms with Crippen LogP contribution in [0.15, 0.2) is 12.7 Å². The largest absolute Gasteiger partial charge is 0.367 e. The van der Waals surface area contributed by atoms with E-state index in [-0.39, 0.29) is 5.60 Å². The summed E-state index contributed by atoms with van der Waals surface area (Å²) in [7, 11) is 0. The van der Waals surface area contributed by atoms with Gasteiger partial charge in [-0.15, -0.1) is 6.58 Å². The van der Waals surface area contributed by atoms with Crippen molar-refractivity contribution in [2.75, 3.05) is 6.61 Å². The first-order valence-corrected chi connectivity index (χ1v) is 5.55. The highest BCUT2D eigenvalue weighted by Gasteiger charge is 2.45. The van der Waals surface area contributed by atoms with Crippen LogP contribution >= 0.6 is 0 Å². The second kappa shape index (κ2) is 3.85. The molecule has 0 amide bonds. The Balaban J connectivity index is 1.99. The lowest BCUT2D eigenvalue weighted by atomic mass is 9.75. The van der Waals surface area contributed by atoms with Crippen molar-refractivity contribution in [1.29, 1.82) is 0 Å². The Bertz CT molecular complexity index is 239. The number of hydrogen-bond acceptors (Lipinski definition) is 2. The Hall–Kier alpha value is -0.630. The summed E-state index contributed by atoms with van der Waals surface area (Å²) < 4.78 is 5.64. The topological polar surface area (TPSA) is 26.3 Å². The van der Waals surface area contributed by atoms with Gasteiger partial charge in [0.1, 0.15) is 5.60 Å². The van der Waals surface area contributed by atoms with Crippen LogP contribution in [0.25, 0.3) is 0 Å². The van der Waals surface area contributed by atoms with E-state index < -0.39 is 0 Å². The average Bonchev–Trinajstić information content (AvgIpc) is 2.62. The van der Waals surface area contributed by atoms with Crippen LogP contribution in [-0.4, -0.2) is 18.0 Å². The van der Waals surface area contributed by atoms with Crippen LogP contribution in [0.5, 0.6) is 0 Å². The zero-order valence-electron chi connectivity index (χ0n) is 8.63. The number of carbonyl (C=O) groups is 1. The van der Waals surface area contributed by atoms with Crippen LogP contribution in [0.1, 0.15) is 38.5 Å². The number of allylic oxidation sites excluding steroid dienone is 1. The van der Waals surface area contributed by atoms with Gasteiger partial charge in [0.05, 0.1) is 0 Å². The predicted molar refractivity (Wildman–Crippen MR) is 55.1 cm³/mol. The molecule has 1 aliphatic heterocycles. The summed E-state index contributed by atoms with van der Waals surface area (Å²) in [6.45, 7) is 4.50. The van der Waals surface area contributed by atoms with Crippen LogP contribution in [-0.2, 0) is 9.53 Å². The molecule has 1 heterocycles. The van der Waals surface area contributed by atoms with Crippen LogP contribution in [0, 0.1) is 5.92 Å². The maximum atomic E-state index is 11.9. The third kappa shape index (κ3) is 1.63. The minimum absolute atomic E-state index is 0.341. The highest BCUT2D eigenvalue weighted by atomic mass is 16.5. The first-order valence-electron chi connectivity index (χ1n) is 5.55. The van der Waals surface area contributed by atoms with Gasteiger partial charge in [-0.25, -0.2) is 0 Å². The molecule has 2 rings (SSSR count). The summed E-state index contributed by atoms with van der Waals surface area (Å²) in [5.41, 5.74) is -0.363. The van der Waals surface area contributed by atoms with Crippen LogP contribution in [0.3, 0.4) is 0 Å². The van der Waals surface area contributed by atoms with Crippen LogP contribution < -0.4 is 0 Å². The molecule has 0 radical (unpaired) electrons. The molecular weight excluding hydrogens is 176 g/mol. The van der Waals surface area contributed by atoms with Gasteiger partial charge in [-0.2, -0.15) is 0 Å². The van der Waals surface area contributed by atoms with Crippen molar-refractivity contribution in [2.24, 2.45) is 5.92 Å². The normalized spacial score (nSPS) is 37.7. The summed E-state index contributed by atoms with van der Waals surface area (Å²) >= 11 is 0. The zero-order chi connectivity index (χ0) is 10.0. The molecule has 0 N–H and O–H groups in total. The number of carbonyl (C=O) groups excluding carboxylic acids is 1. The SMILES string of the molecule is C=CC[C@H]1CC[C@@]2(CCCO2)C(=O)C1. The molecule has 78 valence electrons. The number of rotatable bonds is 2. The van der Waals surface area contributed by atoms with Crippen LogP contribution in [0.2, 0.25) is 0 Å². The molecule has 2 nitrogen and oxygen atoms in total. The van der Waals surface area contributed by atoms with Gasteiger partial charge >= 0.3 is 0 Å². The van der Waals surface area contributed by atoms with Gasteiger partial charge in [-0.3, -0.25) is 4.79 Å². The van der Waals surface area contributed by atoms with Crippen molar-refractivity contribution in [2.45, 2.75) is 44.1 Å². The molecule has 0 aromatic rings. The van der Waals surface area contributed by atoms with E-state index in [4.69, 9.17) is 4.74 Å². The van der Waals surface area contributed by atoms with E-state index in [0.717, 1.165) is 38.7 Å². The lowest BCUT2D eigenvalue weighted by Crippen LogP contribution is -2.42. The molecule has 0 bridgehead atoms. The van der Waals surface area contributed by atoms with Crippen molar-refractivity contribution in [3.8, 4) is 0 Å². The van der Waals surface area contributed by atoms with E-state index in [1.54, 1.807) is 0 Å². The number of ether oxygens (including phenoxy) is 1. The predicted octanol–water partition coefficient (Wildman–Crippen LogP) is 2.48. The number of Topliss-reactive ketones (excluding diaryl/α,β-unsaturated/α-hetero) is 1. The Morgan fingerprint density at radius 3 is 3.00 bits per heavy atom. The molecule has 1 saturated carbocycles. The average molecular weight is 194 g/mol. The summed E-state index contributed by atoms with van der Waals surface area (Å²) in [4.78, 5) is 11.9. The first-order chi connectivity index (χ1) is 6.77. The Kier molecular flexibility index (Phi) is 2.73. The second-order valence-electron chi connectivity index (χ2n) is 4.50. The molecule has 0 aromatic heterocycles. The molecule has 1 aliphatic carbocycles. The van der Waals surface area contributed by atoms with Crippen molar-refractivity contribution >= 4 is 5.78 Å². The standard InChI is InChI=1S/C12H18O2/c1-2-4-10-5-7-12(11(13)9-10)6-3-8-14-12/h2,10H,1,3-9H2/t10-,12-/m0/s1. The molecule has 14 heavy (non-hydrogen) atoms. The summed E-state index contributed by atoms with van der Waals surface area (Å²) in [5, 5.41) is 0.